The van der Waals surface area contributed by atoms with Gasteiger partial charge in [-0.15, -0.1) is 5.10 Å². The zero-order chi connectivity index (χ0) is 9.68. The van der Waals surface area contributed by atoms with Gasteiger partial charge in [-0.3, -0.25) is 0 Å². The van der Waals surface area contributed by atoms with Crippen molar-refractivity contribution in [2.24, 2.45) is 0 Å². The van der Waals surface area contributed by atoms with Gasteiger partial charge in [0.05, 0.1) is 24.9 Å². The van der Waals surface area contributed by atoms with E-state index in [0.29, 0.717) is 12.1 Å². The number of hydrogen-bond donors (Lipinski definition) is 3. The van der Waals surface area contributed by atoms with E-state index in [4.69, 9.17) is 15.3 Å². The SMILES string of the molecule is OCCc1cn(CC(O)CO)nn1. The largest absolute Gasteiger partial charge is 0.396 e. The summed E-state index contributed by atoms with van der Waals surface area (Å²) in [5.41, 5.74) is 0.674. The Bertz CT molecular complexity index is 251. The van der Waals surface area contributed by atoms with E-state index in [-0.39, 0.29) is 19.8 Å². The van der Waals surface area contributed by atoms with Crippen molar-refractivity contribution < 1.29 is 15.3 Å². The van der Waals surface area contributed by atoms with Gasteiger partial charge in [0, 0.05) is 19.2 Å². The van der Waals surface area contributed by atoms with Gasteiger partial charge in [-0.05, 0) is 0 Å². The number of hydrogen-bond acceptors (Lipinski definition) is 5. The van der Waals surface area contributed by atoms with Gasteiger partial charge in [-0.2, -0.15) is 0 Å². The molecule has 13 heavy (non-hydrogen) atoms. The van der Waals surface area contributed by atoms with Crippen molar-refractivity contribution in [3.05, 3.63) is 11.9 Å². The molecule has 3 N–H and O–H groups in total. The van der Waals surface area contributed by atoms with E-state index < -0.39 is 6.10 Å². The van der Waals surface area contributed by atoms with Crippen LogP contribution in [0.2, 0.25) is 0 Å². The highest BCUT2D eigenvalue weighted by Gasteiger charge is 2.05. The van der Waals surface area contributed by atoms with Crippen molar-refractivity contribution in [1.29, 1.82) is 0 Å². The molecule has 0 saturated carbocycles. The second-order valence-corrected chi connectivity index (χ2v) is 2.74. The molecule has 0 radical (unpaired) electrons. The van der Waals surface area contributed by atoms with Crippen LogP contribution in [0.5, 0.6) is 0 Å². The predicted molar refractivity (Wildman–Crippen MR) is 43.9 cm³/mol. The summed E-state index contributed by atoms with van der Waals surface area (Å²) in [4.78, 5) is 0. The van der Waals surface area contributed by atoms with Crippen molar-refractivity contribution in [2.45, 2.75) is 19.1 Å². The third-order valence-electron chi connectivity index (χ3n) is 1.56. The maximum absolute atomic E-state index is 9.06. The summed E-state index contributed by atoms with van der Waals surface area (Å²) in [7, 11) is 0. The Hall–Kier alpha value is -0.980. The molecule has 0 aliphatic rings. The Balaban J connectivity index is 2.48. The summed E-state index contributed by atoms with van der Waals surface area (Å²) in [5, 5.41) is 33.7. The van der Waals surface area contributed by atoms with Gasteiger partial charge in [-0.1, -0.05) is 5.21 Å². The first-order valence-corrected chi connectivity index (χ1v) is 4.05. The van der Waals surface area contributed by atoms with Gasteiger partial charge in [0.1, 0.15) is 0 Å². The number of rotatable bonds is 5. The highest BCUT2D eigenvalue weighted by atomic mass is 16.3. The van der Waals surface area contributed by atoms with Gasteiger partial charge in [-0.25, -0.2) is 4.68 Å². The number of aromatic nitrogens is 3. The fourth-order valence-corrected chi connectivity index (χ4v) is 0.931. The summed E-state index contributed by atoms with van der Waals surface area (Å²) in [5.74, 6) is 0. The lowest BCUT2D eigenvalue weighted by molar-refractivity contribution is 0.0778. The van der Waals surface area contributed by atoms with Crippen LogP contribution in [0.15, 0.2) is 6.20 Å². The van der Waals surface area contributed by atoms with E-state index in [9.17, 15) is 0 Å². The second-order valence-electron chi connectivity index (χ2n) is 2.74. The molecule has 1 heterocycles. The van der Waals surface area contributed by atoms with Gasteiger partial charge in [0.25, 0.3) is 0 Å². The molecule has 0 aliphatic heterocycles. The lowest BCUT2D eigenvalue weighted by atomic mass is 10.3. The van der Waals surface area contributed by atoms with Crippen molar-refractivity contribution in [2.75, 3.05) is 13.2 Å². The highest BCUT2D eigenvalue weighted by molar-refractivity contribution is 4.92. The summed E-state index contributed by atoms with van der Waals surface area (Å²) in [6, 6.07) is 0. The topological polar surface area (TPSA) is 91.4 Å². The van der Waals surface area contributed by atoms with Crippen LogP contribution in [-0.4, -0.2) is 49.6 Å². The molecule has 0 aliphatic carbocycles. The maximum Gasteiger partial charge on any atom is 0.0966 e. The van der Waals surface area contributed by atoms with Gasteiger partial charge < -0.3 is 15.3 Å². The molecule has 0 saturated heterocycles. The molecule has 6 nitrogen and oxygen atoms in total. The summed E-state index contributed by atoms with van der Waals surface area (Å²) in [6.07, 6.45) is 1.27. The van der Waals surface area contributed by atoms with Crippen LogP contribution in [0, 0.1) is 0 Å². The third kappa shape index (κ3) is 3.10. The fourth-order valence-electron chi connectivity index (χ4n) is 0.931. The molecule has 1 unspecified atom stereocenters. The van der Waals surface area contributed by atoms with Crippen molar-refractivity contribution in [3.8, 4) is 0 Å². The Morgan fingerprint density at radius 3 is 2.85 bits per heavy atom. The summed E-state index contributed by atoms with van der Waals surface area (Å²) >= 11 is 0. The van der Waals surface area contributed by atoms with Gasteiger partial charge in [0.2, 0.25) is 0 Å². The minimum absolute atomic E-state index is 0.0290. The number of nitrogens with zero attached hydrogens (tertiary/aromatic N) is 3. The van der Waals surface area contributed by atoms with Crippen LogP contribution in [-0.2, 0) is 13.0 Å². The average molecular weight is 187 g/mol. The molecule has 74 valence electrons. The van der Waals surface area contributed by atoms with Gasteiger partial charge >= 0.3 is 0 Å². The van der Waals surface area contributed by atoms with Crippen LogP contribution in [0.3, 0.4) is 0 Å². The molecule has 0 fully saturated rings. The van der Waals surface area contributed by atoms with Crippen LogP contribution in [0.25, 0.3) is 0 Å². The highest BCUT2D eigenvalue weighted by Crippen LogP contribution is 1.95. The molecular weight excluding hydrogens is 174 g/mol. The van der Waals surface area contributed by atoms with Crippen LogP contribution in [0.1, 0.15) is 5.69 Å². The van der Waals surface area contributed by atoms with Crippen molar-refractivity contribution >= 4 is 0 Å². The zero-order valence-corrected chi connectivity index (χ0v) is 7.17. The molecule has 1 atom stereocenters. The number of aliphatic hydroxyl groups excluding tert-OH is 3. The van der Waals surface area contributed by atoms with E-state index in [0.717, 1.165) is 0 Å². The lowest BCUT2D eigenvalue weighted by Crippen LogP contribution is -2.20. The Kier molecular flexibility index (Phi) is 3.81. The molecular formula is C7H13N3O3. The maximum atomic E-state index is 9.06. The lowest BCUT2D eigenvalue weighted by Gasteiger charge is -2.04. The van der Waals surface area contributed by atoms with E-state index in [2.05, 4.69) is 10.3 Å². The van der Waals surface area contributed by atoms with Gasteiger partial charge in [0.15, 0.2) is 0 Å². The zero-order valence-electron chi connectivity index (χ0n) is 7.17. The molecule has 6 heteroatoms. The summed E-state index contributed by atoms with van der Waals surface area (Å²) in [6.45, 7) is -0.0502. The smallest absolute Gasteiger partial charge is 0.0966 e. The summed E-state index contributed by atoms with van der Waals surface area (Å²) < 4.78 is 1.44. The molecule has 0 amide bonds. The molecule has 0 spiro atoms. The third-order valence-corrected chi connectivity index (χ3v) is 1.56. The molecule has 1 aromatic heterocycles. The Labute approximate surface area is 75.4 Å². The first-order valence-electron chi connectivity index (χ1n) is 4.05. The normalized spacial score (nSPS) is 13.2. The minimum atomic E-state index is -0.816. The Morgan fingerprint density at radius 1 is 1.46 bits per heavy atom. The molecule has 1 aromatic rings. The average Bonchev–Trinajstić information content (AvgIpc) is 2.53. The van der Waals surface area contributed by atoms with E-state index in [1.54, 1.807) is 6.20 Å². The minimum Gasteiger partial charge on any atom is -0.396 e. The van der Waals surface area contributed by atoms with Crippen molar-refractivity contribution in [1.82, 2.24) is 15.0 Å². The monoisotopic (exact) mass is 187 g/mol. The molecule has 0 bridgehead atoms. The standard InChI is InChI=1S/C7H13N3O3/c11-2-1-6-3-10(9-8-6)4-7(13)5-12/h3,7,11-13H,1-2,4-5H2. The number of aliphatic hydroxyl groups is 3. The van der Waals surface area contributed by atoms with Crippen LogP contribution < -0.4 is 0 Å². The molecule has 0 aromatic carbocycles. The Morgan fingerprint density at radius 2 is 2.23 bits per heavy atom. The quantitative estimate of drug-likeness (QED) is 0.504. The van der Waals surface area contributed by atoms with Crippen LogP contribution >= 0.6 is 0 Å². The van der Waals surface area contributed by atoms with E-state index in [1.165, 1.54) is 4.68 Å². The molecule has 1 rings (SSSR count). The predicted octanol–water partition coefficient (Wildman–Crippen LogP) is -1.83. The van der Waals surface area contributed by atoms with E-state index in [1.807, 2.05) is 0 Å². The van der Waals surface area contributed by atoms with E-state index >= 15 is 0 Å². The van der Waals surface area contributed by atoms with Crippen LogP contribution in [0.4, 0.5) is 0 Å². The first kappa shape index (κ1) is 10.1. The first-order chi connectivity index (χ1) is 6.26. The second kappa shape index (κ2) is 4.90. The fraction of sp³-hybridized carbons (Fsp3) is 0.714. The van der Waals surface area contributed by atoms with Crippen molar-refractivity contribution in [3.63, 3.8) is 0 Å².